The number of H-pyrrole nitrogens is 1. The van der Waals surface area contributed by atoms with Crippen LogP contribution in [-0.4, -0.2) is 28.5 Å². The first-order valence-electron chi connectivity index (χ1n) is 2.94. The Morgan fingerprint density at radius 3 is 3.20 bits per heavy atom. The lowest BCUT2D eigenvalue weighted by Crippen LogP contribution is -2.20. The van der Waals surface area contributed by atoms with E-state index in [9.17, 15) is 4.79 Å². The molecule has 1 heterocycles. The lowest BCUT2D eigenvalue weighted by atomic mass is 10.7. The van der Waals surface area contributed by atoms with Gasteiger partial charge in [0.25, 0.3) is 0 Å². The molecule has 10 heavy (non-hydrogen) atoms. The van der Waals surface area contributed by atoms with Crippen LogP contribution in [0.2, 0.25) is 0 Å². The van der Waals surface area contributed by atoms with Crippen LogP contribution in [0.15, 0.2) is 11.1 Å². The van der Waals surface area contributed by atoms with Gasteiger partial charge in [0.1, 0.15) is 6.33 Å². The van der Waals surface area contributed by atoms with Crippen LogP contribution in [0.5, 0.6) is 0 Å². The van der Waals surface area contributed by atoms with Gasteiger partial charge in [0.05, 0.1) is 13.2 Å². The molecule has 0 saturated heterocycles. The largest absolute Gasteiger partial charge is 0.383 e. The van der Waals surface area contributed by atoms with E-state index in [2.05, 4.69) is 10.1 Å². The maximum Gasteiger partial charge on any atom is 0.343 e. The van der Waals surface area contributed by atoms with Gasteiger partial charge in [0.15, 0.2) is 0 Å². The highest BCUT2D eigenvalue weighted by molar-refractivity contribution is 4.58. The number of rotatable bonds is 3. The molecule has 56 valence electrons. The second-order valence-electron chi connectivity index (χ2n) is 1.81. The zero-order valence-corrected chi connectivity index (χ0v) is 5.70. The molecule has 0 saturated carbocycles. The van der Waals surface area contributed by atoms with Gasteiger partial charge >= 0.3 is 5.69 Å². The van der Waals surface area contributed by atoms with Crippen molar-refractivity contribution in [2.75, 3.05) is 13.7 Å². The quantitative estimate of drug-likeness (QED) is 0.603. The van der Waals surface area contributed by atoms with Gasteiger partial charge < -0.3 is 4.74 Å². The maximum absolute atomic E-state index is 10.7. The number of hydrogen-bond donors (Lipinski definition) is 1. The van der Waals surface area contributed by atoms with Crippen LogP contribution in [0.4, 0.5) is 0 Å². The molecule has 0 radical (unpaired) electrons. The Balaban J connectivity index is 2.57. The summed E-state index contributed by atoms with van der Waals surface area (Å²) in [5.74, 6) is 0. The van der Waals surface area contributed by atoms with E-state index in [-0.39, 0.29) is 5.69 Å². The van der Waals surface area contributed by atoms with Crippen molar-refractivity contribution in [2.45, 2.75) is 6.54 Å². The average molecular weight is 143 g/mol. The standard InChI is InChI=1S/C5H9N3O2/c1-10-3-2-8-5(9)6-4-7-8/h4H,2-3H2,1H3,(H,6,7,9). The molecule has 5 nitrogen and oxygen atoms in total. The van der Waals surface area contributed by atoms with Crippen molar-refractivity contribution < 1.29 is 4.74 Å². The van der Waals surface area contributed by atoms with E-state index in [0.29, 0.717) is 13.2 Å². The first-order valence-corrected chi connectivity index (χ1v) is 2.94. The van der Waals surface area contributed by atoms with E-state index in [1.54, 1.807) is 7.11 Å². The zero-order valence-electron chi connectivity index (χ0n) is 5.70. The summed E-state index contributed by atoms with van der Waals surface area (Å²) in [6.07, 6.45) is 1.36. The predicted molar refractivity (Wildman–Crippen MR) is 34.7 cm³/mol. The molecular formula is C5H9N3O2. The number of aromatic nitrogens is 3. The van der Waals surface area contributed by atoms with Gasteiger partial charge in [-0.2, -0.15) is 5.10 Å². The average Bonchev–Trinajstić information content (AvgIpc) is 2.31. The van der Waals surface area contributed by atoms with Gasteiger partial charge in [0, 0.05) is 7.11 Å². The summed E-state index contributed by atoms with van der Waals surface area (Å²) >= 11 is 0. The van der Waals surface area contributed by atoms with Gasteiger partial charge in [-0.15, -0.1) is 0 Å². The lowest BCUT2D eigenvalue weighted by molar-refractivity contribution is 0.182. The molecule has 0 aliphatic carbocycles. The van der Waals surface area contributed by atoms with Gasteiger partial charge in [-0.3, -0.25) is 4.98 Å². The molecule has 0 unspecified atom stereocenters. The number of aromatic amines is 1. The Bertz CT molecular complexity index is 239. The van der Waals surface area contributed by atoms with Crippen molar-refractivity contribution >= 4 is 0 Å². The van der Waals surface area contributed by atoms with Gasteiger partial charge in [0.2, 0.25) is 0 Å². The van der Waals surface area contributed by atoms with Gasteiger partial charge in [-0.05, 0) is 0 Å². The highest BCUT2D eigenvalue weighted by Crippen LogP contribution is 1.73. The predicted octanol–water partition coefficient (Wildman–Crippen LogP) is -0.782. The molecule has 1 N–H and O–H groups in total. The van der Waals surface area contributed by atoms with Crippen LogP contribution in [0.3, 0.4) is 0 Å². The minimum Gasteiger partial charge on any atom is -0.383 e. The van der Waals surface area contributed by atoms with Crippen molar-refractivity contribution in [3.8, 4) is 0 Å². The minimum absolute atomic E-state index is 0.197. The Hall–Kier alpha value is -1.10. The van der Waals surface area contributed by atoms with Crippen molar-refractivity contribution in [1.29, 1.82) is 0 Å². The third-order valence-corrected chi connectivity index (χ3v) is 1.13. The van der Waals surface area contributed by atoms with Crippen molar-refractivity contribution in [3.05, 3.63) is 16.8 Å². The Labute approximate surface area is 57.6 Å². The monoisotopic (exact) mass is 143 g/mol. The van der Waals surface area contributed by atoms with Crippen LogP contribution in [0.25, 0.3) is 0 Å². The Kier molecular flexibility index (Phi) is 2.22. The van der Waals surface area contributed by atoms with E-state index < -0.39 is 0 Å². The fraction of sp³-hybridized carbons (Fsp3) is 0.600. The summed E-state index contributed by atoms with van der Waals surface area (Å²) < 4.78 is 6.07. The molecule has 0 atom stereocenters. The maximum atomic E-state index is 10.7. The smallest absolute Gasteiger partial charge is 0.343 e. The molecule has 0 bridgehead atoms. The first kappa shape index (κ1) is 7.01. The summed E-state index contributed by atoms with van der Waals surface area (Å²) in [6, 6.07) is 0. The second-order valence-corrected chi connectivity index (χ2v) is 1.81. The molecule has 1 aromatic rings. The lowest BCUT2D eigenvalue weighted by Gasteiger charge is -1.95. The highest BCUT2D eigenvalue weighted by Gasteiger charge is 1.93. The summed E-state index contributed by atoms with van der Waals surface area (Å²) in [5.41, 5.74) is -0.197. The molecule has 0 fully saturated rings. The molecule has 0 aliphatic heterocycles. The molecule has 0 spiro atoms. The Morgan fingerprint density at radius 1 is 1.90 bits per heavy atom. The summed E-state index contributed by atoms with van der Waals surface area (Å²) in [5, 5.41) is 3.72. The second kappa shape index (κ2) is 3.17. The topological polar surface area (TPSA) is 59.9 Å². The molecule has 0 aromatic carbocycles. The number of nitrogens with zero attached hydrogens (tertiary/aromatic N) is 2. The summed E-state index contributed by atoms with van der Waals surface area (Å²) in [6.45, 7) is 1.00. The van der Waals surface area contributed by atoms with Gasteiger partial charge in [-0.25, -0.2) is 9.48 Å². The summed E-state index contributed by atoms with van der Waals surface area (Å²) in [4.78, 5) is 13.1. The van der Waals surface area contributed by atoms with E-state index in [1.165, 1.54) is 11.0 Å². The summed E-state index contributed by atoms with van der Waals surface area (Å²) in [7, 11) is 1.58. The normalized spacial score (nSPS) is 10.1. The fourth-order valence-electron chi connectivity index (χ4n) is 0.618. The van der Waals surface area contributed by atoms with Crippen LogP contribution >= 0.6 is 0 Å². The van der Waals surface area contributed by atoms with E-state index in [0.717, 1.165) is 0 Å². The molecule has 0 aliphatic rings. The number of methoxy groups -OCH3 is 1. The zero-order chi connectivity index (χ0) is 7.40. The fourth-order valence-corrected chi connectivity index (χ4v) is 0.618. The Morgan fingerprint density at radius 2 is 2.70 bits per heavy atom. The number of hydrogen-bond acceptors (Lipinski definition) is 3. The van der Waals surface area contributed by atoms with Crippen molar-refractivity contribution in [3.63, 3.8) is 0 Å². The van der Waals surface area contributed by atoms with Gasteiger partial charge in [-0.1, -0.05) is 0 Å². The molecule has 0 amide bonds. The molecule has 1 aromatic heterocycles. The van der Waals surface area contributed by atoms with Crippen molar-refractivity contribution in [2.24, 2.45) is 0 Å². The third kappa shape index (κ3) is 1.44. The van der Waals surface area contributed by atoms with E-state index in [4.69, 9.17) is 4.74 Å². The first-order chi connectivity index (χ1) is 4.84. The van der Waals surface area contributed by atoms with Crippen molar-refractivity contribution in [1.82, 2.24) is 14.8 Å². The molecular weight excluding hydrogens is 134 g/mol. The number of nitrogens with one attached hydrogen (secondary N) is 1. The van der Waals surface area contributed by atoms with E-state index in [1.807, 2.05) is 0 Å². The third-order valence-electron chi connectivity index (χ3n) is 1.13. The highest BCUT2D eigenvalue weighted by atomic mass is 16.5. The van der Waals surface area contributed by atoms with E-state index >= 15 is 0 Å². The van der Waals surface area contributed by atoms with Crippen LogP contribution in [0.1, 0.15) is 0 Å². The van der Waals surface area contributed by atoms with Crippen LogP contribution in [-0.2, 0) is 11.3 Å². The molecule has 1 rings (SSSR count). The van der Waals surface area contributed by atoms with Crippen LogP contribution < -0.4 is 5.69 Å². The SMILES string of the molecule is COCCn1nc[nH]c1=O. The minimum atomic E-state index is -0.197. The van der Waals surface area contributed by atoms with Crippen LogP contribution in [0, 0.1) is 0 Å². The molecule has 5 heteroatoms. The number of ether oxygens (including phenoxy) is 1.